The van der Waals surface area contributed by atoms with E-state index >= 15 is 0 Å². The van der Waals surface area contributed by atoms with Crippen LogP contribution in [0.4, 0.5) is 0 Å². The summed E-state index contributed by atoms with van der Waals surface area (Å²) in [5.74, 6) is -0.738. The van der Waals surface area contributed by atoms with E-state index in [4.69, 9.17) is 5.11 Å². The highest BCUT2D eigenvalue weighted by Gasteiger charge is 2.20. The molecule has 1 N–H and O–H groups in total. The summed E-state index contributed by atoms with van der Waals surface area (Å²) in [7, 11) is 1.90. The predicted octanol–water partition coefficient (Wildman–Crippen LogP) is 0.926. The fourth-order valence-electron chi connectivity index (χ4n) is 2.12. The molecule has 0 spiro atoms. The van der Waals surface area contributed by atoms with Crippen molar-refractivity contribution in [2.75, 3.05) is 0 Å². The lowest BCUT2D eigenvalue weighted by molar-refractivity contribution is -0.136. The molecule has 0 saturated heterocycles. The number of aliphatic carboxylic acids is 1. The van der Waals surface area contributed by atoms with Crippen molar-refractivity contribution >= 4 is 5.97 Å². The molecule has 14 heavy (non-hydrogen) atoms. The number of aromatic nitrogens is 2. The topological polar surface area (TPSA) is 55.1 Å². The summed E-state index contributed by atoms with van der Waals surface area (Å²) in [6.07, 6.45) is 4.09. The molecule has 4 nitrogen and oxygen atoms in total. The van der Waals surface area contributed by atoms with Crippen molar-refractivity contribution in [2.45, 2.75) is 32.1 Å². The summed E-state index contributed by atoms with van der Waals surface area (Å²) in [5.41, 5.74) is 3.58. The van der Waals surface area contributed by atoms with E-state index in [1.807, 2.05) is 11.7 Å². The fraction of sp³-hybridized carbons (Fsp3) is 0.600. The molecule has 2 rings (SSSR count). The van der Waals surface area contributed by atoms with Crippen LogP contribution in [-0.4, -0.2) is 20.9 Å². The standard InChI is InChI=1S/C10H14N2O2/c1-12-9(5-6-10(13)14)7-3-2-4-8(7)11-12/h2-6H2,1H3,(H,13,14). The van der Waals surface area contributed by atoms with Gasteiger partial charge in [0.25, 0.3) is 0 Å². The Bertz CT molecular complexity index is 368. The molecule has 0 aromatic carbocycles. The number of fused-ring (bicyclic) bond motifs is 1. The van der Waals surface area contributed by atoms with Gasteiger partial charge in [0.1, 0.15) is 0 Å². The molecule has 0 bridgehead atoms. The van der Waals surface area contributed by atoms with E-state index in [9.17, 15) is 4.79 Å². The fourth-order valence-corrected chi connectivity index (χ4v) is 2.12. The Morgan fingerprint density at radius 2 is 2.36 bits per heavy atom. The van der Waals surface area contributed by atoms with Crippen LogP contribution in [0.15, 0.2) is 0 Å². The van der Waals surface area contributed by atoms with E-state index in [2.05, 4.69) is 5.10 Å². The SMILES string of the molecule is Cn1nc2c(c1CCC(=O)O)CCC2. The van der Waals surface area contributed by atoms with Crippen molar-refractivity contribution in [1.29, 1.82) is 0 Å². The maximum Gasteiger partial charge on any atom is 0.303 e. The number of carboxylic acids is 1. The molecule has 0 fully saturated rings. The first kappa shape index (κ1) is 9.24. The van der Waals surface area contributed by atoms with Crippen LogP contribution in [0.2, 0.25) is 0 Å². The number of hydrogen-bond acceptors (Lipinski definition) is 2. The second kappa shape index (κ2) is 3.44. The van der Waals surface area contributed by atoms with Crippen LogP contribution in [0.25, 0.3) is 0 Å². The van der Waals surface area contributed by atoms with Gasteiger partial charge in [0, 0.05) is 19.2 Å². The summed E-state index contributed by atoms with van der Waals surface area (Å²) >= 11 is 0. The van der Waals surface area contributed by atoms with Crippen LogP contribution >= 0.6 is 0 Å². The van der Waals surface area contributed by atoms with E-state index in [0.29, 0.717) is 6.42 Å². The van der Waals surface area contributed by atoms with E-state index in [-0.39, 0.29) is 6.42 Å². The minimum Gasteiger partial charge on any atom is -0.481 e. The van der Waals surface area contributed by atoms with Gasteiger partial charge in [-0.05, 0) is 24.8 Å². The minimum absolute atomic E-state index is 0.200. The predicted molar refractivity (Wildman–Crippen MR) is 51.2 cm³/mol. The number of nitrogens with zero attached hydrogens (tertiary/aromatic N) is 2. The van der Waals surface area contributed by atoms with Crippen LogP contribution in [0.1, 0.15) is 29.8 Å². The van der Waals surface area contributed by atoms with Gasteiger partial charge < -0.3 is 5.11 Å². The summed E-state index contributed by atoms with van der Waals surface area (Å²) in [6, 6.07) is 0. The maximum atomic E-state index is 10.5. The molecular formula is C10H14N2O2. The van der Waals surface area contributed by atoms with Crippen LogP contribution in [0.3, 0.4) is 0 Å². The third-order valence-corrected chi connectivity index (χ3v) is 2.77. The highest BCUT2D eigenvalue weighted by atomic mass is 16.4. The molecule has 1 heterocycles. The van der Waals surface area contributed by atoms with Crippen LogP contribution in [0, 0.1) is 0 Å². The quantitative estimate of drug-likeness (QED) is 0.778. The highest BCUT2D eigenvalue weighted by Crippen LogP contribution is 2.24. The molecule has 76 valence electrons. The Hall–Kier alpha value is -1.32. The van der Waals surface area contributed by atoms with E-state index < -0.39 is 5.97 Å². The van der Waals surface area contributed by atoms with Crippen molar-refractivity contribution in [3.8, 4) is 0 Å². The average Bonchev–Trinajstić information content (AvgIpc) is 2.61. The zero-order chi connectivity index (χ0) is 10.1. The number of aryl methyl sites for hydroxylation is 2. The van der Waals surface area contributed by atoms with Gasteiger partial charge in [0.05, 0.1) is 12.1 Å². The second-order valence-corrected chi connectivity index (χ2v) is 3.74. The van der Waals surface area contributed by atoms with Crippen molar-refractivity contribution in [1.82, 2.24) is 9.78 Å². The molecule has 0 aliphatic heterocycles. The van der Waals surface area contributed by atoms with Gasteiger partial charge in [-0.25, -0.2) is 0 Å². The molecule has 0 radical (unpaired) electrons. The molecule has 0 atom stereocenters. The smallest absolute Gasteiger partial charge is 0.303 e. The third kappa shape index (κ3) is 1.52. The van der Waals surface area contributed by atoms with Crippen molar-refractivity contribution in [2.24, 2.45) is 7.05 Å². The zero-order valence-electron chi connectivity index (χ0n) is 8.29. The average molecular weight is 194 g/mol. The summed E-state index contributed by atoms with van der Waals surface area (Å²) < 4.78 is 1.84. The number of carboxylic acid groups (broad SMARTS) is 1. The van der Waals surface area contributed by atoms with Gasteiger partial charge in [-0.2, -0.15) is 5.10 Å². The number of carbonyl (C=O) groups is 1. The lowest BCUT2D eigenvalue weighted by Gasteiger charge is -2.02. The van der Waals surface area contributed by atoms with Crippen LogP contribution in [0.5, 0.6) is 0 Å². The monoisotopic (exact) mass is 194 g/mol. The van der Waals surface area contributed by atoms with Gasteiger partial charge >= 0.3 is 5.97 Å². The summed E-state index contributed by atoms with van der Waals surface area (Å²) in [4.78, 5) is 10.5. The molecule has 1 aromatic rings. The van der Waals surface area contributed by atoms with Crippen LogP contribution < -0.4 is 0 Å². The Kier molecular flexibility index (Phi) is 2.27. The van der Waals surface area contributed by atoms with E-state index in [1.165, 1.54) is 17.7 Å². The van der Waals surface area contributed by atoms with Gasteiger partial charge in [-0.3, -0.25) is 9.48 Å². The van der Waals surface area contributed by atoms with Crippen molar-refractivity contribution in [3.05, 3.63) is 17.0 Å². The van der Waals surface area contributed by atoms with Crippen molar-refractivity contribution in [3.63, 3.8) is 0 Å². The summed E-state index contributed by atoms with van der Waals surface area (Å²) in [6.45, 7) is 0. The van der Waals surface area contributed by atoms with Gasteiger partial charge in [-0.15, -0.1) is 0 Å². The lowest BCUT2D eigenvalue weighted by atomic mass is 10.1. The highest BCUT2D eigenvalue weighted by molar-refractivity contribution is 5.67. The first-order valence-electron chi connectivity index (χ1n) is 4.94. The number of rotatable bonds is 3. The molecule has 1 aliphatic rings. The van der Waals surface area contributed by atoms with Gasteiger partial charge in [-0.1, -0.05) is 0 Å². The minimum atomic E-state index is -0.738. The molecule has 1 aromatic heterocycles. The van der Waals surface area contributed by atoms with Crippen molar-refractivity contribution < 1.29 is 9.90 Å². The van der Waals surface area contributed by atoms with E-state index in [0.717, 1.165) is 18.5 Å². The molecular weight excluding hydrogens is 180 g/mol. The normalized spacial score (nSPS) is 14.4. The Morgan fingerprint density at radius 1 is 1.57 bits per heavy atom. The molecule has 1 aliphatic carbocycles. The molecule has 4 heteroatoms. The largest absolute Gasteiger partial charge is 0.481 e. The summed E-state index contributed by atoms with van der Waals surface area (Å²) in [5, 5.41) is 13.0. The Labute approximate surface area is 82.5 Å². The first-order chi connectivity index (χ1) is 6.68. The Morgan fingerprint density at radius 3 is 3.07 bits per heavy atom. The third-order valence-electron chi connectivity index (χ3n) is 2.77. The number of hydrogen-bond donors (Lipinski definition) is 1. The Balaban J connectivity index is 2.20. The zero-order valence-corrected chi connectivity index (χ0v) is 8.29. The van der Waals surface area contributed by atoms with Crippen LogP contribution in [-0.2, 0) is 31.1 Å². The molecule has 0 unspecified atom stereocenters. The molecule has 0 amide bonds. The van der Waals surface area contributed by atoms with Gasteiger partial charge in [0.2, 0.25) is 0 Å². The van der Waals surface area contributed by atoms with Gasteiger partial charge in [0.15, 0.2) is 0 Å². The lowest BCUT2D eigenvalue weighted by Crippen LogP contribution is -2.05. The molecule has 0 saturated carbocycles. The maximum absolute atomic E-state index is 10.5. The van der Waals surface area contributed by atoms with E-state index in [1.54, 1.807) is 0 Å². The second-order valence-electron chi connectivity index (χ2n) is 3.74. The first-order valence-corrected chi connectivity index (χ1v) is 4.94.